The second-order valence-corrected chi connectivity index (χ2v) is 7.09. The van der Waals surface area contributed by atoms with Crippen LogP contribution in [0.5, 0.6) is 0 Å². The molecule has 1 aromatic heterocycles. The molecule has 0 saturated carbocycles. The molecule has 1 aromatic carbocycles. The summed E-state index contributed by atoms with van der Waals surface area (Å²) >= 11 is 0. The highest BCUT2D eigenvalue weighted by atomic mass is 16.2. The van der Waals surface area contributed by atoms with Crippen molar-refractivity contribution >= 4 is 17.5 Å². The van der Waals surface area contributed by atoms with E-state index in [1.807, 2.05) is 37.3 Å². The minimum absolute atomic E-state index is 0.223. The summed E-state index contributed by atoms with van der Waals surface area (Å²) in [6, 6.07) is 8.88. The van der Waals surface area contributed by atoms with Crippen LogP contribution in [0.3, 0.4) is 0 Å². The molecular formula is C20H28N6O2. The molecule has 0 radical (unpaired) electrons. The molecule has 3 rings (SSSR count). The number of aromatic nitrogens is 3. The van der Waals surface area contributed by atoms with Crippen LogP contribution >= 0.6 is 0 Å². The molecule has 2 N–H and O–H groups in total. The molecule has 2 heterocycles. The first-order chi connectivity index (χ1) is 13.6. The smallest absolute Gasteiger partial charge is 0.276 e. The number of nitrogens with one attached hydrogen (secondary N) is 2. The van der Waals surface area contributed by atoms with Gasteiger partial charge in [-0.2, -0.15) is 0 Å². The van der Waals surface area contributed by atoms with Crippen LogP contribution in [0.1, 0.15) is 49.6 Å². The number of piperidine rings is 1. The van der Waals surface area contributed by atoms with Gasteiger partial charge in [-0.05, 0) is 51.4 Å². The summed E-state index contributed by atoms with van der Waals surface area (Å²) in [5.41, 5.74) is 0.992. The van der Waals surface area contributed by atoms with Crippen LogP contribution in [-0.2, 0) is 4.79 Å². The Morgan fingerprint density at radius 3 is 2.68 bits per heavy atom. The molecular weight excluding hydrogens is 356 g/mol. The highest BCUT2D eigenvalue weighted by Gasteiger charge is 2.28. The Morgan fingerprint density at radius 1 is 1.29 bits per heavy atom. The lowest BCUT2D eigenvalue weighted by molar-refractivity contribution is -0.120. The van der Waals surface area contributed by atoms with Gasteiger partial charge in [0, 0.05) is 12.2 Å². The van der Waals surface area contributed by atoms with Gasteiger partial charge in [0.25, 0.3) is 5.91 Å². The number of para-hydroxylation sites is 1. The Bertz CT molecular complexity index is 785. The van der Waals surface area contributed by atoms with E-state index in [1.54, 1.807) is 22.7 Å². The van der Waals surface area contributed by atoms with Gasteiger partial charge in [0.05, 0.1) is 12.2 Å². The van der Waals surface area contributed by atoms with Crippen molar-refractivity contribution in [3.05, 3.63) is 42.2 Å². The fraction of sp³-hybridized carbons (Fsp3) is 0.500. The van der Waals surface area contributed by atoms with E-state index in [-0.39, 0.29) is 23.6 Å². The summed E-state index contributed by atoms with van der Waals surface area (Å²) in [5, 5.41) is 14.4. The number of benzene rings is 1. The van der Waals surface area contributed by atoms with Crippen LogP contribution in [0.25, 0.3) is 0 Å². The average molecular weight is 384 g/mol. The van der Waals surface area contributed by atoms with E-state index in [1.165, 1.54) is 0 Å². The second kappa shape index (κ2) is 9.45. The monoisotopic (exact) mass is 384 g/mol. The van der Waals surface area contributed by atoms with Crippen molar-refractivity contribution in [2.45, 2.75) is 45.2 Å². The molecule has 1 aliphatic rings. The van der Waals surface area contributed by atoms with Gasteiger partial charge in [-0.1, -0.05) is 30.3 Å². The van der Waals surface area contributed by atoms with Crippen LogP contribution in [0, 0.1) is 0 Å². The molecule has 2 amide bonds. The number of anilines is 1. The van der Waals surface area contributed by atoms with Crippen molar-refractivity contribution in [2.24, 2.45) is 0 Å². The number of amides is 2. The fourth-order valence-corrected chi connectivity index (χ4v) is 3.39. The molecule has 1 unspecified atom stereocenters. The summed E-state index contributed by atoms with van der Waals surface area (Å²) in [4.78, 5) is 27.3. The first-order valence-electron chi connectivity index (χ1n) is 9.89. The number of hydrogen-bond acceptors (Lipinski definition) is 5. The van der Waals surface area contributed by atoms with Gasteiger partial charge in [-0.25, -0.2) is 4.68 Å². The lowest BCUT2D eigenvalue weighted by Crippen LogP contribution is -2.46. The lowest BCUT2D eigenvalue weighted by Gasteiger charge is -2.27. The molecule has 1 fully saturated rings. The van der Waals surface area contributed by atoms with Crippen molar-refractivity contribution in [3.8, 4) is 0 Å². The van der Waals surface area contributed by atoms with Crippen molar-refractivity contribution in [1.29, 1.82) is 0 Å². The highest BCUT2D eigenvalue weighted by Crippen LogP contribution is 2.18. The number of rotatable bonds is 7. The summed E-state index contributed by atoms with van der Waals surface area (Å²) in [6.45, 7) is 6.07. The van der Waals surface area contributed by atoms with Crippen LogP contribution in [-0.4, -0.2) is 57.4 Å². The zero-order valence-electron chi connectivity index (χ0n) is 16.5. The first kappa shape index (κ1) is 20.0. The Kier molecular flexibility index (Phi) is 6.76. The van der Waals surface area contributed by atoms with E-state index in [0.717, 1.165) is 32.4 Å². The molecule has 0 aliphatic carbocycles. The summed E-state index contributed by atoms with van der Waals surface area (Å²) in [5.74, 6) is -0.489. The van der Waals surface area contributed by atoms with Crippen molar-refractivity contribution < 1.29 is 9.59 Å². The van der Waals surface area contributed by atoms with E-state index in [0.29, 0.717) is 12.2 Å². The average Bonchev–Trinajstić information content (AvgIpc) is 3.23. The van der Waals surface area contributed by atoms with Crippen LogP contribution in [0.15, 0.2) is 36.5 Å². The Balaban J connectivity index is 1.70. The van der Waals surface area contributed by atoms with Crippen molar-refractivity contribution in [1.82, 2.24) is 25.2 Å². The maximum absolute atomic E-state index is 13.0. The van der Waals surface area contributed by atoms with E-state index in [4.69, 9.17) is 0 Å². The van der Waals surface area contributed by atoms with Crippen LogP contribution in [0.2, 0.25) is 0 Å². The Labute approximate surface area is 165 Å². The Hall–Kier alpha value is -2.74. The summed E-state index contributed by atoms with van der Waals surface area (Å²) in [7, 11) is 0. The lowest BCUT2D eigenvalue weighted by atomic mass is 10.1. The molecule has 1 aliphatic heterocycles. The SMILES string of the molecule is CCCN(C(=O)c1cn(C2CCNCC2)nn1)C(C)C(=O)Nc1ccccc1. The number of hydrogen-bond donors (Lipinski definition) is 2. The van der Waals surface area contributed by atoms with Gasteiger partial charge in [-0.15, -0.1) is 5.10 Å². The molecule has 8 heteroatoms. The molecule has 0 spiro atoms. The predicted molar refractivity (Wildman–Crippen MR) is 107 cm³/mol. The molecule has 28 heavy (non-hydrogen) atoms. The van der Waals surface area contributed by atoms with E-state index >= 15 is 0 Å². The van der Waals surface area contributed by atoms with Crippen LogP contribution < -0.4 is 10.6 Å². The first-order valence-corrected chi connectivity index (χ1v) is 9.89. The Morgan fingerprint density at radius 2 is 2.00 bits per heavy atom. The fourth-order valence-electron chi connectivity index (χ4n) is 3.39. The molecule has 150 valence electrons. The van der Waals surface area contributed by atoms with Crippen molar-refractivity contribution in [3.63, 3.8) is 0 Å². The maximum Gasteiger partial charge on any atom is 0.276 e. The van der Waals surface area contributed by atoms with E-state index < -0.39 is 6.04 Å². The minimum Gasteiger partial charge on any atom is -0.325 e. The number of carbonyl (C=O) groups excluding carboxylic acids is 2. The van der Waals surface area contributed by atoms with Crippen LogP contribution in [0.4, 0.5) is 5.69 Å². The zero-order chi connectivity index (χ0) is 19.9. The van der Waals surface area contributed by atoms with Crippen molar-refractivity contribution in [2.75, 3.05) is 25.0 Å². The molecule has 0 bridgehead atoms. The third kappa shape index (κ3) is 4.75. The summed E-state index contributed by atoms with van der Waals surface area (Å²) < 4.78 is 1.78. The quantitative estimate of drug-likeness (QED) is 0.763. The highest BCUT2D eigenvalue weighted by molar-refractivity contribution is 6.00. The number of carbonyl (C=O) groups is 2. The zero-order valence-corrected chi connectivity index (χ0v) is 16.5. The second-order valence-electron chi connectivity index (χ2n) is 7.09. The maximum atomic E-state index is 13.0. The van der Waals surface area contributed by atoms with Gasteiger partial charge in [-0.3, -0.25) is 9.59 Å². The minimum atomic E-state index is -0.614. The van der Waals surface area contributed by atoms with E-state index in [9.17, 15) is 9.59 Å². The number of nitrogens with zero attached hydrogens (tertiary/aromatic N) is 4. The predicted octanol–water partition coefficient (Wildman–Crippen LogP) is 2.08. The van der Waals surface area contributed by atoms with Gasteiger partial charge < -0.3 is 15.5 Å². The van der Waals surface area contributed by atoms with Gasteiger partial charge in [0.1, 0.15) is 6.04 Å². The largest absolute Gasteiger partial charge is 0.325 e. The van der Waals surface area contributed by atoms with Gasteiger partial charge >= 0.3 is 0 Å². The van der Waals surface area contributed by atoms with Gasteiger partial charge in [0.15, 0.2) is 5.69 Å². The third-order valence-corrected chi connectivity index (χ3v) is 5.03. The molecule has 1 atom stereocenters. The topological polar surface area (TPSA) is 92.2 Å². The molecule has 2 aromatic rings. The summed E-state index contributed by atoms with van der Waals surface area (Å²) in [6.07, 6.45) is 4.39. The van der Waals surface area contributed by atoms with E-state index in [2.05, 4.69) is 20.9 Å². The van der Waals surface area contributed by atoms with Gasteiger partial charge in [0.2, 0.25) is 5.91 Å². The third-order valence-electron chi connectivity index (χ3n) is 5.03. The standard InChI is InChI=1S/C20H28N6O2/c1-3-13-25(15(2)19(27)22-16-7-5-4-6-8-16)20(28)18-14-26(24-23-18)17-9-11-21-12-10-17/h4-8,14-15,17,21H,3,9-13H2,1-2H3,(H,22,27). The normalized spacial score (nSPS) is 15.8. The molecule has 1 saturated heterocycles. The molecule has 8 nitrogen and oxygen atoms in total.